The van der Waals surface area contributed by atoms with Gasteiger partial charge < -0.3 is 10.1 Å². The molecule has 0 atom stereocenters. The van der Waals surface area contributed by atoms with Crippen LogP contribution in [0.25, 0.3) is 0 Å². The van der Waals surface area contributed by atoms with Gasteiger partial charge in [0.15, 0.2) is 0 Å². The van der Waals surface area contributed by atoms with E-state index in [-0.39, 0.29) is 19.6 Å². The Labute approximate surface area is 138 Å². The number of carbonyl (C=O) groups is 1. The van der Waals surface area contributed by atoms with E-state index in [2.05, 4.69) is 5.32 Å². The summed E-state index contributed by atoms with van der Waals surface area (Å²) in [7, 11) is -3.37. The molecule has 0 aliphatic rings. The summed E-state index contributed by atoms with van der Waals surface area (Å²) in [5, 5.41) is 2.57. The highest BCUT2D eigenvalue weighted by Crippen LogP contribution is 2.10. The maximum Gasteiger partial charge on any atom is 0.407 e. The summed E-state index contributed by atoms with van der Waals surface area (Å²) in [5.41, 5.74) is 1.44. The van der Waals surface area contributed by atoms with Crippen molar-refractivity contribution in [2.24, 2.45) is 0 Å². The molecule has 0 aromatic heterocycles. The molecule has 0 saturated carbocycles. The average Bonchev–Trinajstić information content (AvgIpc) is 2.36. The van der Waals surface area contributed by atoms with E-state index in [0.29, 0.717) is 0 Å². The third-order valence-corrected chi connectivity index (χ3v) is 4.23. The third-order valence-electron chi connectivity index (χ3n) is 2.98. The highest BCUT2D eigenvalue weighted by Gasteiger charge is 2.19. The average molecular weight is 342 g/mol. The maximum atomic E-state index is 11.9. The summed E-state index contributed by atoms with van der Waals surface area (Å²) in [6.45, 7) is 7.93. The van der Waals surface area contributed by atoms with Crippen LogP contribution in [-0.4, -0.2) is 43.8 Å². The molecule has 1 aromatic rings. The van der Waals surface area contributed by atoms with Crippen molar-refractivity contribution in [3.63, 3.8) is 0 Å². The summed E-state index contributed by atoms with van der Waals surface area (Å²) < 4.78 is 30.2. The van der Waals surface area contributed by atoms with Gasteiger partial charge in [-0.25, -0.2) is 13.2 Å². The number of rotatable bonds is 6. The van der Waals surface area contributed by atoms with Crippen LogP contribution in [-0.2, 0) is 21.3 Å². The summed E-state index contributed by atoms with van der Waals surface area (Å²) in [6.07, 6.45) is 0.607. The van der Waals surface area contributed by atoms with Gasteiger partial charge in [-0.2, -0.15) is 4.31 Å². The van der Waals surface area contributed by atoms with Gasteiger partial charge in [-0.15, -0.1) is 0 Å². The number of sulfonamides is 1. The minimum absolute atomic E-state index is 0.186. The SMILES string of the molecule is Cc1ccc(CN(CCNC(=O)OC(C)(C)C)S(C)(=O)=O)cc1. The zero-order valence-corrected chi connectivity index (χ0v) is 15.2. The lowest BCUT2D eigenvalue weighted by Crippen LogP contribution is -2.39. The molecule has 1 aromatic carbocycles. The number of nitrogens with zero attached hydrogens (tertiary/aromatic N) is 1. The minimum Gasteiger partial charge on any atom is -0.444 e. The van der Waals surface area contributed by atoms with Crippen molar-refractivity contribution in [1.82, 2.24) is 9.62 Å². The molecule has 1 rings (SSSR count). The van der Waals surface area contributed by atoms with Gasteiger partial charge in [0, 0.05) is 19.6 Å². The number of alkyl carbamates (subject to hydrolysis) is 1. The normalized spacial score (nSPS) is 12.3. The van der Waals surface area contributed by atoms with Crippen LogP contribution in [0.15, 0.2) is 24.3 Å². The van der Waals surface area contributed by atoms with Gasteiger partial charge in [-0.3, -0.25) is 0 Å². The first-order valence-corrected chi connectivity index (χ1v) is 9.30. The monoisotopic (exact) mass is 342 g/mol. The van der Waals surface area contributed by atoms with Crippen LogP contribution in [0.5, 0.6) is 0 Å². The fourth-order valence-corrected chi connectivity index (χ4v) is 2.66. The van der Waals surface area contributed by atoms with Crippen molar-refractivity contribution in [3.8, 4) is 0 Å². The molecule has 0 heterocycles. The Bertz CT molecular complexity index is 618. The summed E-state index contributed by atoms with van der Waals surface area (Å²) >= 11 is 0. The second-order valence-corrected chi connectivity index (χ2v) is 8.49. The van der Waals surface area contributed by atoms with E-state index in [0.717, 1.165) is 17.4 Å². The van der Waals surface area contributed by atoms with Crippen LogP contribution in [0.1, 0.15) is 31.9 Å². The van der Waals surface area contributed by atoms with E-state index < -0.39 is 21.7 Å². The number of nitrogens with one attached hydrogen (secondary N) is 1. The van der Waals surface area contributed by atoms with Crippen LogP contribution in [0.3, 0.4) is 0 Å². The lowest BCUT2D eigenvalue weighted by Gasteiger charge is -2.22. The first-order chi connectivity index (χ1) is 10.5. The minimum atomic E-state index is -3.37. The molecular weight excluding hydrogens is 316 g/mol. The Morgan fingerprint density at radius 1 is 1.22 bits per heavy atom. The highest BCUT2D eigenvalue weighted by atomic mass is 32.2. The lowest BCUT2D eigenvalue weighted by molar-refractivity contribution is 0.0525. The number of amides is 1. The molecular formula is C16H26N2O4S. The lowest BCUT2D eigenvalue weighted by atomic mass is 10.1. The van der Waals surface area contributed by atoms with E-state index in [4.69, 9.17) is 4.74 Å². The molecule has 7 heteroatoms. The van der Waals surface area contributed by atoms with E-state index in [1.165, 1.54) is 4.31 Å². The summed E-state index contributed by atoms with van der Waals surface area (Å²) in [6, 6.07) is 7.67. The molecule has 0 bridgehead atoms. The molecule has 0 saturated heterocycles. The van der Waals surface area contributed by atoms with Gasteiger partial charge in [-0.1, -0.05) is 29.8 Å². The number of aryl methyl sites for hydroxylation is 1. The molecule has 0 fully saturated rings. The van der Waals surface area contributed by atoms with E-state index >= 15 is 0 Å². The third kappa shape index (κ3) is 7.99. The van der Waals surface area contributed by atoms with Crippen molar-refractivity contribution in [2.75, 3.05) is 19.3 Å². The predicted octanol–water partition coefficient (Wildman–Crippen LogP) is 2.28. The number of ether oxygens (including phenoxy) is 1. The number of hydrogen-bond donors (Lipinski definition) is 1. The quantitative estimate of drug-likeness (QED) is 0.860. The summed E-state index contributed by atoms with van der Waals surface area (Å²) in [4.78, 5) is 11.6. The standard InChI is InChI=1S/C16H26N2O4S/c1-13-6-8-14(9-7-13)12-18(23(5,20)21)11-10-17-15(19)22-16(2,3)4/h6-9H,10-12H2,1-5H3,(H,17,19). The highest BCUT2D eigenvalue weighted by molar-refractivity contribution is 7.88. The molecule has 6 nitrogen and oxygen atoms in total. The van der Waals surface area contributed by atoms with Crippen molar-refractivity contribution >= 4 is 16.1 Å². The fourth-order valence-electron chi connectivity index (χ4n) is 1.86. The molecule has 130 valence electrons. The first-order valence-electron chi connectivity index (χ1n) is 7.45. The number of benzene rings is 1. The van der Waals surface area contributed by atoms with Crippen LogP contribution in [0, 0.1) is 6.92 Å². The van der Waals surface area contributed by atoms with Gasteiger partial charge in [0.25, 0.3) is 0 Å². The molecule has 0 spiro atoms. The largest absolute Gasteiger partial charge is 0.444 e. The molecule has 1 amide bonds. The van der Waals surface area contributed by atoms with Gasteiger partial charge >= 0.3 is 6.09 Å². The smallest absolute Gasteiger partial charge is 0.407 e. The Hall–Kier alpha value is -1.60. The second kappa shape index (κ2) is 7.79. The Morgan fingerprint density at radius 2 is 1.78 bits per heavy atom. The Kier molecular flexibility index (Phi) is 6.58. The molecule has 0 aliphatic heterocycles. The fraction of sp³-hybridized carbons (Fsp3) is 0.562. The Morgan fingerprint density at radius 3 is 2.26 bits per heavy atom. The van der Waals surface area contributed by atoms with Crippen LogP contribution >= 0.6 is 0 Å². The van der Waals surface area contributed by atoms with Gasteiger partial charge in [0.2, 0.25) is 10.0 Å². The van der Waals surface area contributed by atoms with E-state index in [1.54, 1.807) is 20.8 Å². The second-order valence-electron chi connectivity index (χ2n) is 6.51. The van der Waals surface area contributed by atoms with Crippen LogP contribution in [0.2, 0.25) is 0 Å². The van der Waals surface area contributed by atoms with Gasteiger partial charge in [-0.05, 0) is 33.3 Å². The Balaban J connectivity index is 2.60. The predicted molar refractivity (Wildman–Crippen MR) is 90.7 cm³/mol. The number of carbonyl (C=O) groups excluding carboxylic acids is 1. The van der Waals surface area contributed by atoms with E-state index in [9.17, 15) is 13.2 Å². The summed E-state index contributed by atoms with van der Waals surface area (Å²) in [5.74, 6) is 0. The molecule has 0 radical (unpaired) electrons. The topological polar surface area (TPSA) is 75.7 Å². The molecule has 0 aliphatic carbocycles. The zero-order valence-electron chi connectivity index (χ0n) is 14.4. The van der Waals surface area contributed by atoms with Crippen molar-refractivity contribution in [1.29, 1.82) is 0 Å². The maximum absolute atomic E-state index is 11.9. The molecule has 1 N–H and O–H groups in total. The zero-order chi connectivity index (χ0) is 17.7. The molecule has 0 unspecified atom stereocenters. The van der Waals surface area contributed by atoms with E-state index in [1.807, 2.05) is 31.2 Å². The van der Waals surface area contributed by atoms with Gasteiger partial charge in [0.1, 0.15) is 5.60 Å². The van der Waals surface area contributed by atoms with Crippen molar-refractivity contribution in [3.05, 3.63) is 35.4 Å². The molecule has 23 heavy (non-hydrogen) atoms. The van der Waals surface area contributed by atoms with Crippen molar-refractivity contribution < 1.29 is 17.9 Å². The van der Waals surface area contributed by atoms with Gasteiger partial charge in [0.05, 0.1) is 6.26 Å². The first kappa shape index (κ1) is 19.4. The van der Waals surface area contributed by atoms with Crippen LogP contribution < -0.4 is 5.32 Å². The number of hydrogen-bond acceptors (Lipinski definition) is 4. The van der Waals surface area contributed by atoms with Crippen LogP contribution in [0.4, 0.5) is 4.79 Å². The van der Waals surface area contributed by atoms with Crippen molar-refractivity contribution in [2.45, 2.75) is 39.8 Å².